The van der Waals surface area contributed by atoms with Crippen LogP contribution < -0.4 is 4.74 Å². The Morgan fingerprint density at radius 3 is 2.80 bits per heavy atom. The fraction of sp³-hybridized carbons (Fsp3) is 0.417. The first kappa shape index (κ1) is 9.94. The minimum absolute atomic E-state index is 0.361. The van der Waals surface area contributed by atoms with Gasteiger partial charge >= 0.3 is 0 Å². The summed E-state index contributed by atoms with van der Waals surface area (Å²) in [6.07, 6.45) is 5.01. The van der Waals surface area contributed by atoms with Crippen molar-refractivity contribution in [1.29, 1.82) is 0 Å². The molecule has 0 N–H and O–H groups in total. The zero-order valence-corrected chi connectivity index (χ0v) is 8.75. The average molecular weight is 203 g/mol. The quantitative estimate of drug-likeness (QED) is 0.557. The van der Waals surface area contributed by atoms with Crippen LogP contribution in [-0.2, 0) is 24.2 Å². The minimum Gasteiger partial charge on any atom is -0.496 e. The van der Waals surface area contributed by atoms with E-state index in [1.165, 1.54) is 17.5 Å². The topological polar surface area (TPSA) is 38.7 Å². The molecular formula is C12H13NO2. The molecule has 15 heavy (non-hydrogen) atoms. The molecule has 3 heteroatoms. The van der Waals surface area contributed by atoms with Gasteiger partial charge < -0.3 is 4.74 Å². The number of nitrogens with zero attached hydrogens (tertiary/aromatic N) is 1. The van der Waals surface area contributed by atoms with E-state index in [1.807, 2.05) is 0 Å². The number of methoxy groups -OCH3 is 1. The largest absolute Gasteiger partial charge is 0.496 e. The first-order valence-corrected chi connectivity index (χ1v) is 5.07. The molecule has 0 aromatic heterocycles. The van der Waals surface area contributed by atoms with Gasteiger partial charge in [-0.2, -0.15) is 0 Å². The number of fused-ring (bicyclic) bond motifs is 1. The van der Waals surface area contributed by atoms with Gasteiger partial charge in [-0.25, -0.2) is 9.79 Å². The molecule has 0 fully saturated rings. The van der Waals surface area contributed by atoms with Gasteiger partial charge in [-0.15, -0.1) is 0 Å². The van der Waals surface area contributed by atoms with Gasteiger partial charge in [0.05, 0.1) is 13.7 Å². The summed E-state index contributed by atoms with van der Waals surface area (Å²) in [7, 11) is 1.64. The van der Waals surface area contributed by atoms with Crippen LogP contribution in [0.5, 0.6) is 5.75 Å². The molecule has 1 aromatic rings. The third kappa shape index (κ3) is 1.92. The maximum absolute atomic E-state index is 10.1. The van der Waals surface area contributed by atoms with Gasteiger partial charge in [-0.05, 0) is 42.5 Å². The first-order valence-electron chi connectivity index (χ1n) is 5.07. The van der Waals surface area contributed by atoms with Crippen LogP contribution in [0.4, 0.5) is 0 Å². The third-order valence-electron chi connectivity index (χ3n) is 2.81. The summed E-state index contributed by atoms with van der Waals surface area (Å²) in [5.74, 6) is 0.828. The Balaban J connectivity index is 2.39. The summed E-state index contributed by atoms with van der Waals surface area (Å²) in [6, 6.07) is 4.17. The van der Waals surface area contributed by atoms with Gasteiger partial charge in [0, 0.05) is 5.56 Å². The predicted molar refractivity (Wildman–Crippen MR) is 56.8 cm³/mol. The predicted octanol–water partition coefficient (Wildman–Crippen LogP) is 2.02. The van der Waals surface area contributed by atoms with Gasteiger partial charge in [0.15, 0.2) is 0 Å². The van der Waals surface area contributed by atoms with Crippen LogP contribution in [0.3, 0.4) is 0 Å². The van der Waals surface area contributed by atoms with Gasteiger partial charge in [-0.1, -0.05) is 0 Å². The van der Waals surface area contributed by atoms with Crippen molar-refractivity contribution in [3.63, 3.8) is 0 Å². The maximum Gasteiger partial charge on any atom is 0.235 e. The molecule has 0 atom stereocenters. The van der Waals surface area contributed by atoms with Crippen molar-refractivity contribution >= 4 is 6.08 Å². The summed E-state index contributed by atoms with van der Waals surface area (Å²) in [5, 5.41) is 0. The molecule has 0 spiro atoms. The summed E-state index contributed by atoms with van der Waals surface area (Å²) in [4.78, 5) is 13.7. The zero-order valence-electron chi connectivity index (χ0n) is 8.75. The number of hydrogen-bond acceptors (Lipinski definition) is 3. The fourth-order valence-corrected chi connectivity index (χ4v) is 2.08. The first-order chi connectivity index (χ1) is 7.35. The molecule has 1 aliphatic carbocycles. The van der Waals surface area contributed by atoms with E-state index < -0.39 is 0 Å². The van der Waals surface area contributed by atoms with Crippen molar-refractivity contribution in [2.45, 2.75) is 25.8 Å². The Bertz CT molecular complexity index is 420. The van der Waals surface area contributed by atoms with Crippen LogP contribution in [-0.4, -0.2) is 13.2 Å². The van der Waals surface area contributed by atoms with Crippen molar-refractivity contribution < 1.29 is 9.53 Å². The molecule has 0 saturated heterocycles. The highest BCUT2D eigenvalue weighted by Gasteiger charge is 2.14. The van der Waals surface area contributed by atoms with E-state index in [2.05, 4.69) is 17.1 Å². The molecule has 78 valence electrons. The summed E-state index contributed by atoms with van der Waals surface area (Å²) in [5.41, 5.74) is 3.71. The van der Waals surface area contributed by atoms with Gasteiger partial charge in [0.25, 0.3) is 0 Å². The number of carbonyl (C=O) groups excluding carboxylic acids is 1. The molecular weight excluding hydrogens is 190 g/mol. The van der Waals surface area contributed by atoms with Crippen LogP contribution in [0.1, 0.15) is 23.1 Å². The second kappa shape index (κ2) is 4.28. The summed E-state index contributed by atoms with van der Waals surface area (Å²) in [6.45, 7) is 0.361. The maximum atomic E-state index is 10.1. The summed E-state index contributed by atoms with van der Waals surface area (Å²) >= 11 is 0. The lowest BCUT2D eigenvalue weighted by atomic mass is 10.1. The van der Waals surface area contributed by atoms with Gasteiger partial charge in [0.2, 0.25) is 6.08 Å². The van der Waals surface area contributed by atoms with E-state index >= 15 is 0 Å². The highest BCUT2D eigenvalue weighted by molar-refractivity contribution is 5.45. The standard InChI is InChI=1S/C12H13NO2/c1-15-12-6-10-4-2-3-9(10)5-11(12)7-13-8-14/h5-6H,2-4,7H2,1H3. The SMILES string of the molecule is COc1cc2c(cc1CN=C=O)CCC2. The van der Waals surface area contributed by atoms with Crippen LogP contribution in [0.15, 0.2) is 17.1 Å². The molecule has 0 unspecified atom stereocenters. The minimum atomic E-state index is 0.361. The Kier molecular flexibility index (Phi) is 2.84. The average Bonchev–Trinajstić information content (AvgIpc) is 2.71. The number of ether oxygens (including phenoxy) is 1. The Labute approximate surface area is 88.8 Å². The van der Waals surface area contributed by atoms with Crippen molar-refractivity contribution in [2.75, 3.05) is 7.11 Å². The third-order valence-corrected chi connectivity index (χ3v) is 2.81. The van der Waals surface area contributed by atoms with Gasteiger partial charge in [0.1, 0.15) is 5.75 Å². The van der Waals surface area contributed by atoms with Crippen molar-refractivity contribution in [2.24, 2.45) is 4.99 Å². The number of hydrogen-bond donors (Lipinski definition) is 0. The highest BCUT2D eigenvalue weighted by atomic mass is 16.5. The van der Waals surface area contributed by atoms with Gasteiger partial charge in [-0.3, -0.25) is 0 Å². The van der Waals surface area contributed by atoms with Crippen LogP contribution in [0.25, 0.3) is 0 Å². The van der Waals surface area contributed by atoms with Crippen molar-refractivity contribution in [3.05, 3.63) is 28.8 Å². The number of aryl methyl sites for hydroxylation is 2. The number of isocyanates is 1. The molecule has 0 radical (unpaired) electrons. The van der Waals surface area contributed by atoms with Crippen molar-refractivity contribution in [3.8, 4) is 5.75 Å². The lowest BCUT2D eigenvalue weighted by molar-refractivity contribution is 0.409. The molecule has 1 aliphatic rings. The molecule has 0 heterocycles. The van der Waals surface area contributed by atoms with Crippen LogP contribution >= 0.6 is 0 Å². The van der Waals surface area contributed by atoms with E-state index in [-0.39, 0.29) is 0 Å². The normalized spacial score (nSPS) is 13.1. The molecule has 0 aliphatic heterocycles. The van der Waals surface area contributed by atoms with E-state index in [0.29, 0.717) is 6.54 Å². The number of rotatable bonds is 3. The van der Waals surface area contributed by atoms with Crippen molar-refractivity contribution in [1.82, 2.24) is 0 Å². The van der Waals surface area contributed by atoms with Crippen LogP contribution in [0.2, 0.25) is 0 Å². The molecule has 0 amide bonds. The van der Waals surface area contributed by atoms with E-state index in [9.17, 15) is 4.79 Å². The molecule has 2 rings (SSSR count). The molecule has 1 aromatic carbocycles. The number of benzene rings is 1. The van der Waals surface area contributed by atoms with Crippen LogP contribution in [0, 0.1) is 0 Å². The summed E-state index contributed by atoms with van der Waals surface area (Å²) < 4.78 is 5.28. The Morgan fingerprint density at radius 1 is 1.40 bits per heavy atom. The molecule has 3 nitrogen and oxygen atoms in total. The molecule has 0 bridgehead atoms. The fourth-order valence-electron chi connectivity index (χ4n) is 2.08. The lowest BCUT2D eigenvalue weighted by Crippen LogP contribution is -1.94. The van der Waals surface area contributed by atoms with E-state index in [1.54, 1.807) is 13.2 Å². The van der Waals surface area contributed by atoms with E-state index in [4.69, 9.17) is 4.74 Å². The second-order valence-corrected chi connectivity index (χ2v) is 3.69. The monoisotopic (exact) mass is 203 g/mol. The van der Waals surface area contributed by atoms with E-state index in [0.717, 1.165) is 24.2 Å². The Hall–Kier alpha value is -1.60. The highest BCUT2D eigenvalue weighted by Crippen LogP contribution is 2.30. The smallest absolute Gasteiger partial charge is 0.235 e. The second-order valence-electron chi connectivity index (χ2n) is 3.69. The lowest BCUT2D eigenvalue weighted by Gasteiger charge is -2.09. The number of aliphatic imine (C=N–C) groups is 1. The Morgan fingerprint density at radius 2 is 2.13 bits per heavy atom. The molecule has 0 saturated carbocycles. The zero-order chi connectivity index (χ0) is 10.7.